The molecule has 214 valence electrons. The van der Waals surface area contributed by atoms with Crippen LogP contribution in [0.5, 0.6) is 0 Å². The van der Waals surface area contributed by atoms with E-state index in [4.69, 9.17) is 77.2 Å². The number of aliphatic carboxylic acids is 6. The second-order valence-corrected chi connectivity index (χ2v) is 3.83. The van der Waals surface area contributed by atoms with Gasteiger partial charge in [0.05, 0.1) is 0 Å². The van der Waals surface area contributed by atoms with Gasteiger partial charge in [0.25, 0.3) is 0 Å². The number of hydrogen-bond acceptors (Lipinski definition) is 12. The van der Waals surface area contributed by atoms with Crippen LogP contribution in [0.4, 0.5) is 39.5 Å². The van der Waals surface area contributed by atoms with Crippen molar-refractivity contribution in [3.8, 4) is 0 Å². The van der Waals surface area contributed by atoms with E-state index in [1.807, 2.05) is 0 Å². The predicted octanol–water partition coefficient (Wildman–Crippen LogP) is -5.22. The first-order valence-electron chi connectivity index (χ1n) is 6.78. The number of alkyl halides is 9. The van der Waals surface area contributed by atoms with Crippen molar-refractivity contribution >= 4 is 96.5 Å². The Balaban J connectivity index is -0.0000000449. The number of carbonyl (C=O) groups excluding carboxylic acids is 6. The van der Waals surface area contributed by atoms with Gasteiger partial charge in [-0.1, -0.05) is 0 Å². The maximum absolute atomic E-state index is 10.5. The molecule has 0 radical (unpaired) electrons. The Kier molecular flexibility index (Phi) is 48.8. The SMILES string of the molecule is CC(=O)[O-].CC(=O)[O-].CC(=O)[O-].O=C([O-])C(F)(F)F.O=C([O-])C(F)(F)F.O=C([O-])C(F)(F)F.[Cl][Sn+3].[Cl][Sn+3]. The van der Waals surface area contributed by atoms with Gasteiger partial charge in [-0.25, -0.2) is 0 Å². The van der Waals surface area contributed by atoms with Gasteiger partial charge in [0, 0.05) is 17.9 Å². The van der Waals surface area contributed by atoms with Gasteiger partial charge in [-0.2, -0.15) is 39.5 Å². The molecular formula is C12H9Cl2F9O12Sn2. The molecular weight excluding hydrogens is 815 g/mol. The van der Waals surface area contributed by atoms with Gasteiger partial charge in [-0.3, -0.25) is 0 Å². The van der Waals surface area contributed by atoms with E-state index >= 15 is 0 Å². The molecule has 0 aliphatic rings. The summed E-state index contributed by atoms with van der Waals surface area (Å²) in [5, 5.41) is 53.0. The van der Waals surface area contributed by atoms with E-state index in [-0.39, 0.29) is 0 Å². The van der Waals surface area contributed by atoms with Crippen LogP contribution in [0, 0.1) is 0 Å². The molecule has 0 saturated heterocycles. The molecule has 0 N–H and O–H groups in total. The van der Waals surface area contributed by atoms with Crippen molar-refractivity contribution in [2.24, 2.45) is 0 Å². The zero-order chi connectivity index (χ0) is 33.0. The summed E-state index contributed by atoms with van der Waals surface area (Å²) < 4.78 is 94.6. The van der Waals surface area contributed by atoms with Gasteiger partial charge in [0.2, 0.25) is 0 Å². The molecule has 0 rings (SSSR count). The fraction of sp³-hybridized carbons (Fsp3) is 0.500. The third kappa shape index (κ3) is 134. The number of carboxylic acid groups (broad SMARTS) is 6. The van der Waals surface area contributed by atoms with Crippen LogP contribution in [0.2, 0.25) is 0 Å². The summed E-state index contributed by atoms with van der Waals surface area (Å²) in [5.41, 5.74) is 0. The molecule has 0 fully saturated rings. The summed E-state index contributed by atoms with van der Waals surface area (Å²) in [4.78, 5) is 53.0. The van der Waals surface area contributed by atoms with E-state index in [0.717, 1.165) is 63.6 Å². The van der Waals surface area contributed by atoms with Crippen molar-refractivity contribution in [3.63, 3.8) is 0 Å². The number of carboxylic acids is 6. The first-order valence-corrected chi connectivity index (χ1v) is 14.0. The molecule has 0 spiro atoms. The van der Waals surface area contributed by atoms with Gasteiger partial charge in [-0.15, -0.1) is 0 Å². The zero-order valence-corrected chi connectivity index (χ0v) is 24.8. The molecule has 0 aliphatic carbocycles. The van der Waals surface area contributed by atoms with Crippen molar-refractivity contribution in [2.75, 3.05) is 0 Å². The van der Waals surface area contributed by atoms with E-state index in [1.54, 1.807) is 0 Å². The fourth-order valence-corrected chi connectivity index (χ4v) is 0. The molecule has 0 aromatic rings. The molecule has 0 aromatic heterocycles. The van der Waals surface area contributed by atoms with Gasteiger partial charge < -0.3 is 59.4 Å². The summed E-state index contributed by atoms with van der Waals surface area (Å²) in [7, 11) is 9.46. The van der Waals surface area contributed by atoms with Crippen LogP contribution in [0.25, 0.3) is 0 Å². The van der Waals surface area contributed by atoms with Crippen LogP contribution >= 0.6 is 17.8 Å². The van der Waals surface area contributed by atoms with Gasteiger partial charge >= 0.3 is 79.2 Å². The maximum atomic E-state index is 10.5. The number of carbonyl (C=O) groups is 6. The van der Waals surface area contributed by atoms with Crippen LogP contribution in [0.1, 0.15) is 20.8 Å². The Morgan fingerprint density at radius 3 is 0.459 bits per heavy atom. The minimum absolute atomic E-state index is 0.972. The Bertz CT molecular complexity index is 546. The van der Waals surface area contributed by atoms with E-state index in [9.17, 15) is 39.5 Å². The quantitative estimate of drug-likeness (QED) is 0.165. The number of hydrogen-bond donors (Lipinski definition) is 0. The average molecular weight is 825 g/mol. The van der Waals surface area contributed by atoms with Crippen LogP contribution in [-0.4, -0.2) is 97.1 Å². The van der Waals surface area contributed by atoms with E-state index in [2.05, 4.69) is 0 Å². The molecule has 0 heterocycles. The van der Waals surface area contributed by atoms with Gasteiger partial charge in [0.15, 0.2) is 0 Å². The van der Waals surface area contributed by atoms with Crippen molar-refractivity contribution < 1.29 is 98.9 Å². The monoisotopic (exact) mass is 826 g/mol. The molecule has 12 nitrogen and oxygen atoms in total. The van der Waals surface area contributed by atoms with E-state index in [0.29, 0.717) is 0 Å². The molecule has 0 aromatic carbocycles. The van der Waals surface area contributed by atoms with Gasteiger partial charge in [-0.05, 0) is 20.8 Å². The Morgan fingerprint density at radius 2 is 0.459 bits per heavy atom. The normalized spacial score (nSPS) is 8.81. The molecule has 0 saturated carbocycles. The molecule has 0 bridgehead atoms. The minimum atomic E-state index is -5.19. The van der Waals surface area contributed by atoms with Crippen LogP contribution in [0.15, 0.2) is 0 Å². The van der Waals surface area contributed by atoms with Crippen LogP contribution in [0.3, 0.4) is 0 Å². The topological polar surface area (TPSA) is 241 Å². The second-order valence-electron chi connectivity index (χ2n) is 3.83. The van der Waals surface area contributed by atoms with Crippen LogP contribution < -0.4 is 30.6 Å². The Morgan fingerprint density at radius 1 is 0.432 bits per heavy atom. The predicted molar refractivity (Wildman–Crippen MR) is 88.4 cm³/mol. The van der Waals surface area contributed by atoms with Crippen LogP contribution in [-0.2, 0) is 28.8 Å². The van der Waals surface area contributed by atoms with E-state index < -0.39 is 54.3 Å². The number of halogens is 11. The molecule has 0 unspecified atom stereocenters. The Labute approximate surface area is 233 Å². The summed E-state index contributed by atoms with van der Waals surface area (Å²) in [6.45, 7) is 2.92. The van der Waals surface area contributed by atoms with Crippen molar-refractivity contribution in [3.05, 3.63) is 0 Å². The Hall–Kier alpha value is -1.63. The molecule has 0 aliphatic heterocycles. The molecule has 25 heteroatoms. The van der Waals surface area contributed by atoms with Gasteiger partial charge in [0.1, 0.15) is 17.9 Å². The fourth-order valence-electron chi connectivity index (χ4n) is 0. The number of rotatable bonds is 0. The molecule has 37 heavy (non-hydrogen) atoms. The third-order valence-corrected chi connectivity index (χ3v) is 0.694. The van der Waals surface area contributed by atoms with Crippen molar-refractivity contribution in [1.29, 1.82) is 0 Å². The summed E-state index contributed by atoms with van der Waals surface area (Å²) >= 11 is 2.04. The summed E-state index contributed by atoms with van der Waals surface area (Å²) in [5.74, 6) is -12.3. The molecule has 0 amide bonds. The first kappa shape index (κ1) is 55.8. The summed E-state index contributed by atoms with van der Waals surface area (Å²) in [6.07, 6.45) is -15.6. The van der Waals surface area contributed by atoms with E-state index in [1.165, 1.54) is 0 Å². The third-order valence-electron chi connectivity index (χ3n) is 0.694. The first-order chi connectivity index (χ1) is 16.0. The van der Waals surface area contributed by atoms with Crippen molar-refractivity contribution in [2.45, 2.75) is 39.3 Å². The second kappa shape index (κ2) is 32.4. The standard InChI is InChI=1S/3C2HF3O2.3C2H4O2.2ClH.2Sn/c3*3-2(4,5)1(6)7;3*1-2(3)4;;;;/h3*(H,6,7);3*1H3,(H,3,4);2*1H;;/q;;;;;;;;2*+4/p-8. The molecule has 0 atom stereocenters. The van der Waals surface area contributed by atoms with Crippen molar-refractivity contribution in [1.82, 2.24) is 0 Å². The zero-order valence-electron chi connectivity index (χ0n) is 17.6. The average Bonchev–Trinajstić information content (AvgIpc) is 2.62. The summed E-state index contributed by atoms with van der Waals surface area (Å²) in [6, 6.07) is 0.